The van der Waals surface area contributed by atoms with Crippen molar-refractivity contribution in [1.82, 2.24) is 10.2 Å². The molecule has 21 heavy (non-hydrogen) atoms. The summed E-state index contributed by atoms with van der Waals surface area (Å²) in [6, 6.07) is 3.59. The molecule has 5 nitrogen and oxygen atoms in total. The maximum atomic E-state index is 12.1. The van der Waals surface area contributed by atoms with Crippen LogP contribution in [-0.2, 0) is 0 Å². The number of amides is 1. The highest BCUT2D eigenvalue weighted by Gasteiger charge is 2.32. The van der Waals surface area contributed by atoms with Crippen molar-refractivity contribution < 1.29 is 22.7 Å². The topological polar surface area (TPSA) is 64.1 Å². The van der Waals surface area contributed by atoms with Gasteiger partial charge in [0.15, 0.2) is 0 Å². The van der Waals surface area contributed by atoms with Gasteiger partial charge in [-0.15, -0.1) is 23.4 Å². The summed E-state index contributed by atoms with van der Waals surface area (Å²) < 4.78 is 40.3. The van der Waals surface area contributed by atoms with Gasteiger partial charge < -0.3 is 10.1 Å². The molecule has 0 saturated heterocycles. The van der Waals surface area contributed by atoms with Crippen LogP contribution in [0.3, 0.4) is 0 Å². The third-order valence-electron chi connectivity index (χ3n) is 2.01. The van der Waals surface area contributed by atoms with Gasteiger partial charge in [-0.3, -0.25) is 4.79 Å². The molecule has 1 aromatic heterocycles. The lowest BCUT2D eigenvalue weighted by Crippen LogP contribution is -2.17. The first-order chi connectivity index (χ1) is 9.74. The van der Waals surface area contributed by atoms with Crippen molar-refractivity contribution in [3.63, 3.8) is 0 Å². The molecule has 0 spiro atoms. The van der Waals surface area contributed by atoms with Gasteiger partial charge >= 0.3 is 6.36 Å². The molecule has 1 N–H and O–H groups in total. The molecular formula is C10H4BrClF3N3O2S. The van der Waals surface area contributed by atoms with Crippen molar-refractivity contribution >= 4 is 50.5 Å². The number of benzene rings is 1. The normalized spacial score (nSPS) is 11.3. The van der Waals surface area contributed by atoms with Gasteiger partial charge in [0.05, 0.1) is 4.47 Å². The summed E-state index contributed by atoms with van der Waals surface area (Å²) in [5.41, 5.74) is 0.257. The minimum absolute atomic E-state index is 0.0340. The van der Waals surface area contributed by atoms with E-state index in [4.69, 9.17) is 11.6 Å². The van der Waals surface area contributed by atoms with Crippen LogP contribution in [-0.4, -0.2) is 22.5 Å². The van der Waals surface area contributed by atoms with Crippen molar-refractivity contribution in [2.75, 3.05) is 5.32 Å². The Morgan fingerprint density at radius 2 is 2.10 bits per heavy atom. The Morgan fingerprint density at radius 3 is 2.62 bits per heavy atom. The second-order valence-electron chi connectivity index (χ2n) is 3.51. The highest BCUT2D eigenvalue weighted by atomic mass is 79.9. The van der Waals surface area contributed by atoms with Crippen molar-refractivity contribution in [3.8, 4) is 5.75 Å². The van der Waals surface area contributed by atoms with E-state index in [1.165, 1.54) is 12.1 Å². The Balaban J connectivity index is 2.11. The molecule has 1 heterocycles. The maximum absolute atomic E-state index is 12.1. The number of nitrogens with zero attached hydrogens (tertiary/aromatic N) is 2. The van der Waals surface area contributed by atoms with Crippen LogP contribution in [0.5, 0.6) is 5.75 Å². The Hall–Kier alpha value is -1.39. The zero-order valence-corrected chi connectivity index (χ0v) is 12.9. The zero-order valence-electron chi connectivity index (χ0n) is 9.74. The number of anilines is 1. The molecule has 0 bridgehead atoms. The molecule has 1 amide bonds. The van der Waals surface area contributed by atoms with E-state index < -0.39 is 18.0 Å². The molecule has 0 radical (unpaired) electrons. The quantitative estimate of drug-likeness (QED) is 0.839. The molecule has 0 aliphatic carbocycles. The van der Waals surface area contributed by atoms with Crippen LogP contribution in [0.2, 0.25) is 4.47 Å². The first kappa shape index (κ1) is 16.0. The van der Waals surface area contributed by atoms with Crippen LogP contribution in [0.1, 0.15) is 9.80 Å². The predicted molar refractivity (Wildman–Crippen MR) is 73.7 cm³/mol. The summed E-state index contributed by atoms with van der Waals surface area (Å²) in [6.45, 7) is 0. The molecule has 0 aliphatic heterocycles. The fourth-order valence-corrected chi connectivity index (χ4v) is 2.45. The molecule has 2 rings (SSSR count). The Morgan fingerprint density at radius 1 is 1.38 bits per heavy atom. The van der Waals surface area contributed by atoms with Crippen molar-refractivity contribution in [2.24, 2.45) is 0 Å². The predicted octanol–water partition coefficient (Wildman–Crippen LogP) is 4.10. The van der Waals surface area contributed by atoms with Crippen LogP contribution in [0.25, 0.3) is 0 Å². The summed E-state index contributed by atoms with van der Waals surface area (Å²) in [6.07, 6.45) is -4.80. The molecule has 1 aromatic carbocycles. The molecule has 112 valence electrons. The van der Waals surface area contributed by atoms with E-state index in [9.17, 15) is 18.0 Å². The molecule has 0 saturated carbocycles. The lowest BCUT2D eigenvalue weighted by atomic mass is 10.3. The number of halogens is 5. The van der Waals surface area contributed by atoms with Crippen LogP contribution in [0.15, 0.2) is 22.7 Å². The number of nitrogens with one attached hydrogen (secondary N) is 1. The first-order valence-electron chi connectivity index (χ1n) is 5.10. The molecule has 0 aliphatic rings. The average molecular weight is 403 g/mol. The van der Waals surface area contributed by atoms with Crippen LogP contribution < -0.4 is 10.1 Å². The Labute approximate surface area is 133 Å². The fourth-order valence-electron chi connectivity index (χ4n) is 1.27. The Kier molecular flexibility index (Phi) is 4.69. The first-order valence-corrected chi connectivity index (χ1v) is 7.09. The largest absolute Gasteiger partial charge is 0.573 e. The van der Waals surface area contributed by atoms with Gasteiger partial charge in [0.1, 0.15) is 5.75 Å². The third-order valence-corrected chi connectivity index (χ3v) is 3.65. The molecule has 2 aromatic rings. The number of alkyl halides is 3. The monoisotopic (exact) mass is 401 g/mol. The van der Waals surface area contributed by atoms with Crippen molar-refractivity contribution in [1.29, 1.82) is 0 Å². The van der Waals surface area contributed by atoms with Crippen LogP contribution >= 0.6 is 38.9 Å². The van der Waals surface area contributed by atoms with Crippen molar-refractivity contribution in [2.45, 2.75) is 6.36 Å². The lowest BCUT2D eigenvalue weighted by Gasteiger charge is -2.11. The summed E-state index contributed by atoms with van der Waals surface area (Å²) >= 11 is 9.35. The van der Waals surface area contributed by atoms with E-state index >= 15 is 0 Å². The van der Waals surface area contributed by atoms with Gasteiger partial charge in [0, 0.05) is 5.69 Å². The maximum Gasteiger partial charge on any atom is 0.573 e. The average Bonchev–Trinajstić information content (AvgIpc) is 2.78. The number of carbonyl (C=O) groups is 1. The highest BCUT2D eigenvalue weighted by molar-refractivity contribution is 9.10. The number of rotatable bonds is 3. The highest BCUT2D eigenvalue weighted by Crippen LogP contribution is 2.32. The smallest absolute Gasteiger partial charge is 0.405 e. The van der Waals surface area contributed by atoms with E-state index in [1.54, 1.807) is 0 Å². The van der Waals surface area contributed by atoms with E-state index in [0.717, 1.165) is 17.4 Å². The Bertz CT molecular complexity index is 680. The van der Waals surface area contributed by atoms with E-state index in [1.807, 2.05) is 0 Å². The second-order valence-corrected chi connectivity index (χ2v) is 5.92. The number of aromatic nitrogens is 2. The second kappa shape index (κ2) is 6.16. The van der Waals surface area contributed by atoms with Crippen LogP contribution in [0.4, 0.5) is 18.9 Å². The van der Waals surface area contributed by atoms with Crippen LogP contribution in [0, 0.1) is 0 Å². The molecule has 0 fully saturated rings. The van der Waals surface area contributed by atoms with E-state index in [-0.39, 0.29) is 19.6 Å². The number of hydrogen-bond donors (Lipinski definition) is 1. The molecule has 11 heteroatoms. The summed E-state index contributed by atoms with van der Waals surface area (Å²) in [5.74, 6) is -0.991. The van der Waals surface area contributed by atoms with E-state index in [2.05, 4.69) is 36.2 Å². The summed E-state index contributed by atoms with van der Waals surface area (Å²) in [4.78, 5) is 11.8. The number of hydrogen-bond acceptors (Lipinski definition) is 5. The van der Waals surface area contributed by atoms with Gasteiger partial charge in [0.25, 0.3) is 5.91 Å². The van der Waals surface area contributed by atoms with Gasteiger partial charge in [-0.05, 0) is 45.7 Å². The fraction of sp³-hybridized carbons (Fsp3) is 0.100. The zero-order chi connectivity index (χ0) is 15.6. The summed E-state index contributed by atoms with van der Waals surface area (Å²) in [7, 11) is 0. The number of carbonyl (C=O) groups excluding carboxylic acids is 1. The van der Waals surface area contributed by atoms with Crippen molar-refractivity contribution in [3.05, 3.63) is 32.1 Å². The minimum Gasteiger partial charge on any atom is -0.405 e. The van der Waals surface area contributed by atoms with Gasteiger partial charge in [0.2, 0.25) is 9.47 Å². The molecular weight excluding hydrogens is 399 g/mol. The van der Waals surface area contributed by atoms with Gasteiger partial charge in [-0.25, -0.2) is 0 Å². The third kappa shape index (κ3) is 4.55. The van der Waals surface area contributed by atoms with Gasteiger partial charge in [-0.1, -0.05) is 11.3 Å². The lowest BCUT2D eigenvalue weighted by molar-refractivity contribution is -0.274. The van der Waals surface area contributed by atoms with E-state index in [0.29, 0.717) is 0 Å². The molecule has 0 atom stereocenters. The molecule has 0 unspecified atom stereocenters. The standard InChI is InChI=1S/C10H4BrClF3N3O2S/c11-5-3-4(1-2-6(5)20-10(13,14)15)16-7(19)8-17-18-9(12)21-8/h1-3H,(H,16,19). The SMILES string of the molecule is O=C(Nc1ccc(OC(F)(F)F)c(Br)c1)c1nnc(Cl)s1. The number of ether oxygens (including phenoxy) is 1. The minimum atomic E-state index is -4.80. The summed E-state index contributed by atoms with van der Waals surface area (Å²) in [5, 5.41) is 9.49. The van der Waals surface area contributed by atoms with Gasteiger partial charge in [-0.2, -0.15) is 0 Å².